The second-order valence-electron chi connectivity index (χ2n) is 4.30. The third-order valence-electron chi connectivity index (χ3n) is 2.61. The van der Waals surface area contributed by atoms with Crippen molar-refractivity contribution in [3.05, 3.63) is 54.6 Å². The van der Waals surface area contributed by atoms with Gasteiger partial charge in [-0.2, -0.15) is 4.72 Å². The SMILES string of the molecule is CC(N)NS(=O)(=O)c1ccc(-c2ccccc2)cc1.Cl. The molecule has 20 heavy (non-hydrogen) atoms. The smallest absolute Gasteiger partial charge is 0.241 e. The molecule has 0 spiro atoms. The van der Waals surface area contributed by atoms with Gasteiger partial charge in [-0.3, -0.25) is 0 Å². The van der Waals surface area contributed by atoms with Crippen molar-refractivity contribution in [3.63, 3.8) is 0 Å². The molecule has 108 valence electrons. The minimum Gasteiger partial charge on any atom is -0.315 e. The molecule has 0 saturated heterocycles. The molecule has 0 amide bonds. The number of nitrogens with two attached hydrogens (primary N) is 1. The number of nitrogens with one attached hydrogen (secondary N) is 1. The van der Waals surface area contributed by atoms with Gasteiger partial charge in [0.2, 0.25) is 10.0 Å². The van der Waals surface area contributed by atoms with Crippen LogP contribution in [0.2, 0.25) is 0 Å². The zero-order valence-corrected chi connectivity index (χ0v) is 12.6. The van der Waals surface area contributed by atoms with E-state index in [2.05, 4.69) is 4.72 Å². The van der Waals surface area contributed by atoms with Crippen LogP contribution in [0.4, 0.5) is 0 Å². The summed E-state index contributed by atoms with van der Waals surface area (Å²) in [7, 11) is -3.53. The number of benzene rings is 2. The van der Waals surface area contributed by atoms with Gasteiger partial charge in [0, 0.05) is 0 Å². The Balaban J connectivity index is 0.00000200. The van der Waals surface area contributed by atoms with E-state index in [1.54, 1.807) is 31.2 Å². The molecule has 0 saturated carbocycles. The molecule has 6 heteroatoms. The molecule has 0 heterocycles. The molecule has 0 aliphatic rings. The summed E-state index contributed by atoms with van der Waals surface area (Å²) in [5, 5.41) is 0. The van der Waals surface area contributed by atoms with Crippen molar-refractivity contribution in [1.29, 1.82) is 0 Å². The molecular formula is C14H17ClN2O2S. The van der Waals surface area contributed by atoms with Crippen LogP contribution in [0.3, 0.4) is 0 Å². The fourth-order valence-electron chi connectivity index (χ4n) is 1.77. The predicted octanol–water partition coefficient (Wildman–Crippen LogP) is 2.36. The van der Waals surface area contributed by atoms with Crippen molar-refractivity contribution in [2.24, 2.45) is 5.73 Å². The molecule has 2 aromatic carbocycles. The van der Waals surface area contributed by atoms with E-state index < -0.39 is 16.2 Å². The summed E-state index contributed by atoms with van der Waals surface area (Å²) in [4.78, 5) is 0.212. The van der Waals surface area contributed by atoms with Crippen LogP contribution in [0.1, 0.15) is 6.92 Å². The molecule has 1 unspecified atom stereocenters. The minimum atomic E-state index is -3.53. The Kier molecular flexibility index (Phi) is 5.71. The lowest BCUT2D eigenvalue weighted by atomic mass is 10.1. The van der Waals surface area contributed by atoms with Crippen molar-refractivity contribution in [1.82, 2.24) is 4.72 Å². The Labute approximate surface area is 125 Å². The standard InChI is InChI=1S/C14H16N2O2S.ClH/c1-11(15)16-19(17,18)14-9-7-13(8-10-14)12-5-3-2-4-6-12;/h2-11,16H,15H2,1H3;1H. The molecule has 1 atom stereocenters. The Hall–Kier alpha value is -1.40. The van der Waals surface area contributed by atoms with E-state index in [0.717, 1.165) is 11.1 Å². The van der Waals surface area contributed by atoms with Crippen LogP contribution < -0.4 is 10.5 Å². The minimum absolute atomic E-state index is 0. The lowest BCUT2D eigenvalue weighted by Crippen LogP contribution is -2.38. The molecule has 0 fully saturated rings. The fourth-order valence-corrected chi connectivity index (χ4v) is 2.89. The molecule has 0 bridgehead atoms. The van der Waals surface area contributed by atoms with Gasteiger partial charge in [0.1, 0.15) is 0 Å². The third kappa shape index (κ3) is 4.05. The first-order valence-electron chi connectivity index (χ1n) is 5.92. The summed E-state index contributed by atoms with van der Waals surface area (Å²) in [6.07, 6.45) is -0.612. The van der Waals surface area contributed by atoms with Crippen LogP contribution in [0.5, 0.6) is 0 Å². The van der Waals surface area contributed by atoms with E-state index in [1.807, 2.05) is 30.3 Å². The third-order valence-corrected chi connectivity index (χ3v) is 4.19. The van der Waals surface area contributed by atoms with Gasteiger partial charge in [-0.05, 0) is 30.2 Å². The van der Waals surface area contributed by atoms with Gasteiger partial charge in [0.25, 0.3) is 0 Å². The monoisotopic (exact) mass is 312 g/mol. The van der Waals surface area contributed by atoms with E-state index in [9.17, 15) is 8.42 Å². The first kappa shape index (κ1) is 16.7. The van der Waals surface area contributed by atoms with Gasteiger partial charge in [-0.1, -0.05) is 42.5 Å². The molecule has 2 aromatic rings. The van der Waals surface area contributed by atoms with E-state index >= 15 is 0 Å². The Morgan fingerprint density at radius 3 is 1.95 bits per heavy atom. The number of halogens is 1. The normalized spacial score (nSPS) is 12.5. The molecule has 3 N–H and O–H groups in total. The molecule has 4 nitrogen and oxygen atoms in total. The summed E-state index contributed by atoms with van der Waals surface area (Å²) >= 11 is 0. The highest BCUT2D eigenvalue weighted by molar-refractivity contribution is 7.89. The van der Waals surface area contributed by atoms with Crippen molar-refractivity contribution in [3.8, 4) is 11.1 Å². The maximum Gasteiger partial charge on any atom is 0.241 e. The fraction of sp³-hybridized carbons (Fsp3) is 0.143. The van der Waals surface area contributed by atoms with Crippen molar-refractivity contribution < 1.29 is 8.42 Å². The summed E-state index contributed by atoms with van der Waals surface area (Å²) < 4.78 is 26.1. The van der Waals surface area contributed by atoms with Gasteiger partial charge >= 0.3 is 0 Å². The predicted molar refractivity (Wildman–Crippen MR) is 83.1 cm³/mol. The highest BCUT2D eigenvalue weighted by Crippen LogP contribution is 2.20. The van der Waals surface area contributed by atoms with Gasteiger partial charge in [0.05, 0.1) is 11.1 Å². The summed E-state index contributed by atoms with van der Waals surface area (Å²) in [6, 6.07) is 16.5. The lowest BCUT2D eigenvalue weighted by Gasteiger charge is -2.10. The van der Waals surface area contributed by atoms with Crippen molar-refractivity contribution >= 4 is 22.4 Å². The average Bonchev–Trinajstić information content (AvgIpc) is 2.38. The quantitative estimate of drug-likeness (QED) is 0.851. The summed E-state index contributed by atoms with van der Waals surface area (Å²) in [5.41, 5.74) is 7.47. The van der Waals surface area contributed by atoms with Crippen LogP contribution in [-0.4, -0.2) is 14.6 Å². The van der Waals surface area contributed by atoms with Gasteiger partial charge in [-0.15, -0.1) is 12.4 Å². The molecule has 0 radical (unpaired) electrons. The molecule has 0 aliphatic carbocycles. The molecule has 0 aromatic heterocycles. The number of rotatable bonds is 4. The van der Waals surface area contributed by atoms with Crippen LogP contribution in [0.25, 0.3) is 11.1 Å². The van der Waals surface area contributed by atoms with Crippen LogP contribution >= 0.6 is 12.4 Å². The molecular weight excluding hydrogens is 296 g/mol. The van der Waals surface area contributed by atoms with Crippen molar-refractivity contribution in [2.75, 3.05) is 0 Å². The van der Waals surface area contributed by atoms with Crippen LogP contribution in [0.15, 0.2) is 59.5 Å². The first-order chi connectivity index (χ1) is 8.99. The topological polar surface area (TPSA) is 72.2 Å². The van der Waals surface area contributed by atoms with Gasteiger partial charge < -0.3 is 5.73 Å². The summed E-state index contributed by atoms with van der Waals surface area (Å²) in [5.74, 6) is 0. The average molecular weight is 313 g/mol. The highest BCUT2D eigenvalue weighted by atomic mass is 35.5. The van der Waals surface area contributed by atoms with Gasteiger partial charge in [-0.25, -0.2) is 8.42 Å². The first-order valence-corrected chi connectivity index (χ1v) is 7.41. The number of sulfonamides is 1. The zero-order chi connectivity index (χ0) is 13.9. The van der Waals surface area contributed by atoms with Crippen LogP contribution in [-0.2, 0) is 10.0 Å². The number of hydrogen-bond donors (Lipinski definition) is 2. The largest absolute Gasteiger partial charge is 0.315 e. The van der Waals surface area contributed by atoms with E-state index in [0.29, 0.717) is 0 Å². The van der Waals surface area contributed by atoms with Crippen molar-refractivity contribution in [2.45, 2.75) is 18.0 Å². The molecule has 2 rings (SSSR count). The number of hydrogen-bond acceptors (Lipinski definition) is 3. The second-order valence-corrected chi connectivity index (χ2v) is 6.01. The summed E-state index contributed by atoms with van der Waals surface area (Å²) in [6.45, 7) is 1.58. The zero-order valence-electron chi connectivity index (χ0n) is 11.0. The van der Waals surface area contributed by atoms with E-state index in [-0.39, 0.29) is 17.3 Å². The van der Waals surface area contributed by atoms with E-state index in [1.165, 1.54) is 0 Å². The Morgan fingerprint density at radius 1 is 0.950 bits per heavy atom. The van der Waals surface area contributed by atoms with Crippen LogP contribution in [0, 0.1) is 0 Å². The second kappa shape index (κ2) is 6.85. The Bertz CT molecular complexity index is 641. The maximum atomic E-state index is 11.9. The van der Waals surface area contributed by atoms with Gasteiger partial charge in [0.15, 0.2) is 0 Å². The maximum absolute atomic E-state index is 11.9. The lowest BCUT2D eigenvalue weighted by molar-refractivity contribution is 0.565. The Morgan fingerprint density at radius 2 is 1.45 bits per heavy atom. The molecule has 0 aliphatic heterocycles. The van der Waals surface area contributed by atoms with E-state index in [4.69, 9.17) is 5.73 Å². The highest BCUT2D eigenvalue weighted by Gasteiger charge is 2.15.